The van der Waals surface area contributed by atoms with Crippen LogP contribution in [0, 0.1) is 11.6 Å². The Morgan fingerprint density at radius 1 is 1.15 bits per heavy atom. The van der Waals surface area contributed by atoms with E-state index < -0.39 is 26.6 Å². The third-order valence-corrected chi connectivity index (χ3v) is 4.70. The molecule has 0 heterocycles. The number of halogens is 2. The van der Waals surface area contributed by atoms with Crippen molar-refractivity contribution in [2.45, 2.75) is 11.4 Å². The number of hydrogen-bond acceptors (Lipinski definition) is 4. The van der Waals surface area contributed by atoms with Gasteiger partial charge in [-0.2, -0.15) is 4.31 Å². The third kappa shape index (κ3) is 3.72. The van der Waals surface area contributed by atoms with Crippen LogP contribution in [0.3, 0.4) is 0 Å². The maximum absolute atomic E-state index is 13.7. The summed E-state index contributed by atoms with van der Waals surface area (Å²) >= 11 is 0. The van der Waals surface area contributed by atoms with Gasteiger partial charge in [-0.1, -0.05) is 0 Å². The molecule has 0 spiro atoms. The molecular formula is C12H19F2N3O2S. The third-order valence-electron chi connectivity index (χ3n) is 2.84. The van der Waals surface area contributed by atoms with E-state index in [0.29, 0.717) is 6.54 Å². The van der Waals surface area contributed by atoms with Gasteiger partial charge < -0.3 is 10.6 Å². The highest BCUT2D eigenvalue weighted by Gasteiger charge is 2.27. The van der Waals surface area contributed by atoms with Crippen LogP contribution in [0.5, 0.6) is 0 Å². The van der Waals surface area contributed by atoms with Gasteiger partial charge in [0.1, 0.15) is 4.90 Å². The highest BCUT2D eigenvalue weighted by molar-refractivity contribution is 7.89. The van der Waals surface area contributed by atoms with Gasteiger partial charge in [-0.15, -0.1) is 0 Å². The van der Waals surface area contributed by atoms with Gasteiger partial charge in [0.25, 0.3) is 0 Å². The standard InChI is InChI=1S/C12H19F2N3O2S/c1-16(2)4-5-17(3)20(18,19)11-7-9(8-15)6-10(13)12(11)14/h6-7H,4-5,8,15H2,1-3H3. The van der Waals surface area contributed by atoms with Crippen molar-refractivity contribution in [1.29, 1.82) is 0 Å². The van der Waals surface area contributed by atoms with Crippen LogP contribution in [0.2, 0.25) is 0 Å². The zero-order valence-corrected chi connectivity index (χ0v) is 12.5. The van der Waals surface area contributed by atoms with Gasteiger partial charge in [0.15, 0.2) is 11.6 Å². The predicted octanol–water partition coefficient (Wildman–Crippen LogP) is 0.606. The minimum atomic E-state index is -4.08. The summed E-state index contributed by atoms with van der Waals surface area (Å²) in [6, 6.07) is 1.97. The van der Waals surface area contributed by atoms with Gasteiger partial charge in [-0.3, -0.25) is 0 Å². The molecular weight excluding hydrogens is 288 g/mol. The molecule has 0 bridgehead atoms. The number of nitrogens with zero attached hydrogens (tertiary/aromatic N) is 2. The summed E-state index contributed by atoms with van der Waals surface area (Å²) in [4.78, 5) is 1.11. The molecule has 8 heteroatoms. The highest BCUT2D eigenvalue weighted by atomic mass is 32.2. The minimum absolute atomic E-state index is 0.0683. The van der Waals surface area contributed by atoms with Gasteiger partial charge in [0.05, 0.1) is 0 Å². The number of benzene rings is 1. The smallest absolute Gasteiger partial charge is 0.245 e. The maximum Gasteiger partial charge on any atom is 0.245 e. The molecule has 0 saturated carbocycles. The van der Waals surface area contributed by atoms with Crippen molar-refractivity contribution in [3.05, 3.63) is 29.3 Å². The molecule has 5 nitrogen and oxygen atoms in total. The lowest BCUT2D eigenvalue weighted by Crippen LogP contribution is -2.34. The fourth-order valence-corrected chi connectivity index (χ4v) is 2.83. The average molecular weight is 307 g/mol. The first kappa shape index (κ1) is 17.0. The topological polar surface area (TPSA) is 66.6 Å². The molecule has 0 radical (unpaired) electrons. The molecule has 114 valence electrons. The number of hydrogen-bond donors (Lipinski definition) is 1. The fraction of sp³-hybridized carbons (Fsp3) is 0.500. The van der Waals surface area contributed by atoms with Gasteiger partial charge in [0, 0.05) is 26.7 Å². The highest BCUT2D eigenvalue weighted by Crippen LogP contribution is 2.22. The Labute approximate surface area is 118 Å². The molecule has 0 saturated heterocycles. The minimum Gasteiger partial charge on any atom is -0.326 e. The first-order chi connectivity index (χ1) is 9.20. The van der Waals surface area contributed by atoms with Crippen molar-refractivity contribution in [2.24, 2.45) is 5.73 Å². The summed E-state index contributed by atoms with van der Waals surface area (Å²) in [7, 11) is 0.815. The van der Waals surface area contributed by atoms with E-state index in [1.165, 1.54) is 7.05 Å². The molecule has 1 rings (SSSR count). The van der Waals surface area contributed by atoms with E-state index in [0.717, 1.165) is 16.4 Å². The molecule has 0 aliphatic heterocycles. The van der Waals surface area contributed by atoms with Crippen LogP contribution < -0.4 is 5.73 Å². The van der Waals surface area contributed by atoms with E-state index in [9.17, 15) is 17.2 Å². The summed E-state index contributed by atoms with van der Waals surface area (Å²) in [6.45, 7) is 0.570. The van der Waals surface area contributed by atoms with Crippen LogP contribution in [-0.4, -0.2) is 51.9 Å². The Kier molecular flexibility index (Phi) is 5.58. The first-order valence-corrected chi connectivity index (χ1v) is 7.43. The molecule has 1 aromatic carbocycles. The van der Waals surface area contributed by atoms with E-state index >= 15 is 0 Å². The Morgan fingerprint density at radius 3 is 2.25 bits per heavy atom. The van der Waals surface area contributed by atoms with E-state index in [1.54, 1.807) is 19.0 Å². The zero-order valence-electron chi connectivity index (χ0n) is 11.7. The molecule has 20 heavy (non-hydrogen) atoms. The van der Waals surface area contributed by atoms with Crippen LogP contribution in [0.4, 0.5) is 8.78 Å². The summed E-state index contributed by atoms with van der Waals surface area (Å²) in [5, 5.41) is 0. The van der Waals surface area contributed by atoms with Crippen LogP contribution >= 0.6 is 0 Å². The Bertz CT molecular complexity index is 576. The summed E-state index contributed by atoms with van der Waals surface area (Å²) < 4.78 is 52.6. The maximum atomic E-state index is 13.7. The second kappa shape index (κ2) is 6.57. The molecule has 1 aromatic rings. The van der Waals surface area contributed by atoms with Gasteiger partial charge >= 0.3 is 0 Å². The van der Waals surface area contributed by atoms with Crippen LogP contribution in [0.15, 0.2) is 17.0 Å². The molecule has 0 fully saturated rings. The first-order valence-electron chi connectivity index (χ1n) is 5.99. The average Bonchev–Trinajstić information content (AvgIpc) is 2.38. The monoisotopic (exact) mass is 307 g/mol. The van der Waals surface area contributed by atoms with Crippen molar-refractivity contribution in [3.8, 4) is 0 Å². The lowest BCUT2D eigenvalue weighted by molar-refractivity contribution is 0.357. The molecule has 2 N–H and O–H groups in total. The van der Waals surface area contributed by atoms with Crippen molar-refractivity contribution >= 4 is 10.0 Å². The predicted molar refractivity (Wildman–Crippen MR) is 72.6 cm³/mol. The largest absolute Gasteiger partial charge is 0.326 e. The SMILES string of the molecule is CN(C)CCN(C)S(=O)(=O)c1cc(CN)cc(F)c1F. The fourth-order valence-electron chi connectivity index (χ4n) is 1.55. The molecule has 0 aliphatic rings. The van der Waals surface area contributed by atoms with Crippen LogP contribution in [-0.2, 0) is 16.6 Å². The molecule has 0 unspecified atom stereocenters. The van der Waals surface area contributed by atoms with E-state index in [4.69, 9.17) is 5.73 Å². The normalized spacial score (nSPS) is 12.4. The Morgan fingerprint density at radius 2 is 1.75 bits per heavy atom. The van der Waals surface area contributed by atoms with E-state index in [-0.39, 0.29) is 18.7 Å². The number of nitrogens with two attached hydrogens (primary N) is 1. The van der Waals surface area contributed by atoms with Crippen molar-refractivity contribution < 1.29 is 17.2 Å². The zero-order chi connectivity index (χ0) is 15.5. The number of sulfonamides is 1. The summed E-state index contributed by atoms with van der Waals surface area (Å²) in [6.07, 6.45) is 0. The van der Waals surface area contributed by atoms with Gasteiger partial charge in [-0.25, -0.2) is 17.2 Å². The second-order valence-electron chi connectivity index (χ2n) is 4.72. The molecule has 0 atom stereocenters. The number of rotatable bonds is 6. The van der Waals surface area contributed by atoms with Crippen LogP contribution in [0.25, 0.3) is 0 Å². The van der Waals surface area contributed by atoms with Crippen LogP contribution in [0.1, 0.15) is 5.56 Å². The Hall–Kier alpha value is -1.09. The Balaban J connectivity index is 3.18. The second-order valence-corrected chi connectivity index (χ2v) is 6.74. The van der Waals surface area contributed by atoms with Gasteiger partial charge in [-0.05, 0) is 31.8 Å². The lowest BCUT2D eigenvalue weighted by atomic mass is 10.2. The number of likely N-dealkylation sites (N-methyl/N-ethyl adjacent to an activating group) is 2. The van der Waals surface area contributed by atoms with Gasteiger partial charge in [0.2, 0.25) is 10.0 Å². The van der Waals surface area contributed by atoms with E-state index in [2.05, 4.69) is 0 Å². The lowest BCUT2D eigenvalue weighted by Gasteiger charge is -2.20. The van der Waals surface area contributed by atoms with Crippen molar-refractivity contribution in [2.75, 3.05) is 34.2 Å². The quantitative estimate of drug-likeness (QED) is 0.836. The summed E-state index contributed by atoms with van der Waals surface area (Å²) in [5.41, 5.74) is 5.58. The molecule has 0 aliphatic carbocycles. The van der Waals surface area contributed by atoms with Crippen molar-refractivity contribution in [3.63, 3.8) is 0 Å². The molecule has 0 amide bonds. The molecule has 0 aromatic heterocycles. The summed E-state index contributed by atoms with van der Waals surface area (Å²) in [5.74, 6) is -2.59. The van der Waals surface area contributed by atoms with E-state index in [1.807, 2.05) is 0 Å². The van der Waals surface area contributed by atoms with Crippen molar-refractivity contribution in [1.82, 2.24) is 9.21 Å².